The van der Waals surface area contributed by atoms with Gasteiger partial charge in [0.15, 0.2) is 0 Å². The molecule has 0 rings (SSSR count). The normalized spacial score (nSPS) is 13.8. The Kier molecular flexibility index (Phi) is 7.83. The highest BCUT2D eigenvalue weighted by atomic mass is 31.2. The molecule has 17 heavy (non-hydrogen) atoms. The predicted octanol–water partition coefficient (Wildman–Crippen LogP) is 1.86. The molecule has 0 aliphatic heterocycles. The maximum Gasteiger partial charge on any atom is 0.378 e. The molecule has 0 aromatic rings. The minimum Gasteiger partial charge on any atom is -0.469 e. The molecule has 0 saturated heterocycles. The lowest BCUT2D eigenvalue weighted by Gasteiger charge is -2.11. The lowest BCUT2D eigenvalue weighted by Crippen LogP contribution is -2.06. The fourth-order valence-electron chi connectivity index (χ4n) is 1.09. The van der Waals surface area contributed by atoms with Gasteiger partial charge in [-0.1, -0.05) is 13.3 Å². The first-order chi connectivity index (χ1) is 7.91. The molecule has 0 bridgehead atoms. The zero-order valence-electron chi connectivity index (χ0n) is 10.2. The summed E-state index contributed by atoms with van der Waals surface area (Å²) in [6.45, 7) is 1.87. The number of unbranched alkanes of at least 4 members (excludes halogenated alkanes) is 1. The Morgan fingerprint density at radius 2 is 1.76 bits per heavy atom. The highest BCUT2D eigenvalue weighted by molar-refractivity contribution is 7.53. The third-order valence-corrected chi connectivity index (χ3v) is 3.40. The molecule has 0 spiro atoms. The lowest BCUT2D eigenvalue weighted by molar-refractivity contribution is -0.141. The summed E-state index contributed by atoms with van der Waals surface area (Å²) in [6, 6.07) is 0. The highest BCUT2D eigenvalue weighted by Crippen LogP contribution is 2.43. The van der Waals surface area contributed by atoms with Gasteiger partial charge in [0.25, 0.3) is 0 Å². The molecule has 1 atom stereocenters. The Bertz CT molecular complexity index is 301. The SMILES string of the molecule is CCCCP(=O)(O)OC(=O)CCCC(=O)OC. The topological polar surface area (TPSA) is 89.9 Å². The van der Waals surface area contributed by atoms with Crippen LogP contribution in [0.2, 0.25) is 0 Å². The molecule has 1 unspecified atom stereocenters. The summed E-state index contributed by atoms with van der Waals surface area (Å²) in [5, 5.41) is 0. The van der Waals surface area contributed by atoms with Crippen LogP contribution in [0, 0.1) is 0 Å². The summed E-state index contributed by atoms with van der Waals surface area (Å²) in [6.07, 6.45) is 1.54. The molecule has 0 heterocycles. The van der Waals surface area contributed by atoms with Crippen molar-refractivity contribution in [2.24, 2.45) is 0 Å². The first-order valence-corrected chi connectivity index (χ1v) is 7.28. The van der Waals surface area contributed by atoms with Crippen molar-refractivity contribution in [1.29, 1.82) is 0 Å². The van der Waals surface area contributed by atoms with Crippen molar-refractivity contribution in [3.8, 4) is 0 Å². The molecule has 0 aromatic carbocycles. The van der Waals surface area contributed by atoms with Gasteiger partial charge in [-0.2, -0.15) is 0 Å². The van der Waals surface area contributed by atoms with Crippen molar-refractivity contribution in [3.63, 3.8) is 0 Å². The van der Waals surface area contributed by atoms with Gasteiger partial charge in [-0.15, -0.1) is 0 Å². The molecule has 0 aliphatic rings. The van der Waals surface area contributed by atoms with Gasteiger partial charge in [-0.05, 0) is 12.8 Å². The standard InChI is InChI=1S/C10H19O6P/c1-3-4-8-17(13,14)16-10(12)7-5-6-9(11)15-2/h3-8H2,1-2H3,(H,13,14). The first-order valence-electron chi connectivity index (χ1n) is 5.52. The second-order valence-electron chi connectivity index (χ2n) is 3.61. The van der Waals surface area contributed by atoms with Crippen LogP contribution >= 0.6 is 7.60 Å². The number of ether oxygens (including phenoxy) is 1. The number of carbonyl (C=O) groups is 2. The molecule has 0 aliphatic carbocycles. The molecule has 0 radical (unpaired) electrons. The second kappa shape index (κ2) is 8.25. The van der Waals surface area contributed by atoms with Crippen LogP contribution in [0.5, 0.6) is 0 Å². The zero-order valence-corrected chi connectivity index (χ0v) is 11.1. The van der Waals surface area contributed by atoms with Crippen molar-refractivity contribution < 1.29 is 28.3 Å². The van der Waals surface area contributed by atoms with Gasteiger partial charge >= 0.3 is 19.5 Å². The van der Waals surface area contributed by atoms with E-state index < -0.39 is 19.5 Å². The number of hydrogen-bond donors (Lipinski definition) is 1. The molecule has 0 saturated carbocycles. The molecule has 0 fully saturated rings. The summed E-state index contributed by atoms with van der Waals surface area (Å²) in [4.78, 5) is 31.2. The van der Waals surface area contributed by atoms with Gasteiger partial charge < -0.3 is 14.2 Å². The zero-order chi connectivity index (χ0) is 13.3. The summed E-state index contributed by atoms with van der Waals surface area (Å²) in [5.74, 6) is -1.17. The molecule has 1 N–H and O–H groups in total. The smallest absolute Gasteiger partial charge is 0.378 e. The van der Waals surface area contributed by atoms with E-state index in [1.807, 2.05) is 6.92 Å². The van der Waals surface area contributed by atoms with Crippen molar-refractivity contribution >= 4 is 19.5 Å². The van der Waals surface area contributed by atoms with E-state index in [0.717, 1.165) is 6.42 Å². The number of carbonyl (C=O) groups excluding carboxylic acids is 2. The predicted molar refractivity (Wildman–Crippen MR) is 61.6 cm³/mol. The quantitative estimate of drug-likeness (QED) is 0.532. The van der Waals surface area contributed by atoms with Crippen LogP contribution in [0.3, 0.4) is 0 Å². The van der Waals surface area contributed by atoms with E-state index in [2.05, 4.69) is 9.26 Å². The summed E-state index contributed by atoms with van der Waals surface area (Å²) >= 11 is 0. The van der Waals surface area contributed by atoms with E-state index in [9.17, 15) is 19.0 Å². The summed E-state index contributed by atoms with van der Waals surface area (Å²) in [5.41, 5.74) is 0. The van der Waals surface area contributed by atoms with Crippen LogP contribution in [0.15, 0.2) is 0 Å². The molecule has 0 aromatic heterocycles. The number of rotatable bonds is 8. The molecule has 100 valence electrons. The Balaban J connectivity index is 3.85. The highest BCUT2D eigenvalue weighted by Gasteiger charge is 2.22. The minimum absolute atomic E-state index is 0.0216. The summed E-state index contributed by atoms with van der Waals surface area (Å²) in [7, 11) is -2.54. The van der Waals surface area contributed by atoms with Crippen molar-refractivity contribution in [2.45, 2.75) is 39.0 Å². The Morgan fingerprint density at radius 1 is 1.18 bits per heavy atom. The largest absolute Gasteiger partial charge is 0.469 e. The fourth-order valence-corrected chi connectivity index (χ4v) is 2.30. The number of esters is 1. The van der Waals surface area contributed by atoms with Gasteiger partial charge in [0.2, 0.25) is 0 Å². The van der Waals surface area contributed by atoms with E-state index in [1.54, 1.807) is 0 Å². The maximum absolute atomic E-state index is 11.4. The van der Waals surface area contributed by atoms with Gasteiger partial charge in [-0.25, -0.2) is 4.57 Å². The third-order valence-electron chi connectivity index (χ3n) is 2.03. The maximum atomic E-state index is 11.4. The Hall–Kier alpha value is -0.870. The van der Waals surface area contributed by atoms with Crippen LogP contribution in [-0.2, 0) is 23.4 Å². The molecule has 6 nitrogen and oxygen atoms in total. The van der Waals surface area contributed by atoms with Crippen molar-refractivity contribution in [3.05, 3.63) is 0 Å². The van der Waals surface area contributed by atoms with Crippen LogP contribution in [-0.4, -0.2) is 30.1 Å². The summed E-state index contributed by atoms with van der Waals surface area (Å²) < 4.78 is 20.2. The monoisotopic (exact) mass is 266 g/mol. The molecular formula is C10H19O6P. The van der Waals surface area contributed by atoms with Gasteiger partial charge in [0.1, 0.15) is 0 Å². The number of methoxy groups -OCH3 is 1. The van der Waals surface area contributed by atoms with Crippen LogP contribution in [0.25, 0.3) is 0 Å². The van der Waals surface area contributed by atoms with Gasteiger partial charge in [0.05, 0.1) is 13.3 Å². The van der Waals surface area contributed by atoms with E-state index in [1.165, 1.54) is 7.11 Å². The van der Waals surface area contributed by atoms with Gasteiger partial charge in [0, 0.05) is 12.8 Å². The average molecular weight is 266 g/mol. The third kappa shape index (κ3) is 8.89. The van der Waals surface area contributed by atoms with Gasteiger partial charge in [-0.3, -0.25) is 9.59 Å². The molecule has 0 amide bonds. The average Bonchev–Trinajstić information content (AvgIpc) is 2.25. The fraction of sp³-hybridized carbons (Fsp3) is 0.800. The minimum atomic E-state index is -3.80. The van der Waals surface area contributed by atoms with Crippen LogP contribution in [0.4, 0.5) is 0 Å². The second-order valence-corrected chi connectivity index (χ2v) is 5.51. The first kappa shape index (κ1) is 16.1. The van der Waals surface area contributed by atoms with E-state index in [-0.39, 0.29) is 25.4 Å². The van der Waals surface area contributed by atoms with Crippen LogP contribution in [0.1, 0.15) is 39.0 Å². The van der Waals surface area contributed by atoms with Crippen molar-refractivity contribution in [2.75, 3.05) is 13.3 Å². The number of hydrogen-bond acceptors (Lipinski definition) is 5. The molecular weight excluding hydrogens is 247 g/mol. The van der Waals surface area contributed by atoms with E-state index in [0.29, 0.717) is 6.42 Å². The lowest BCUT2D eigenvalue weighted by atomic mass is 10.2. The van der Waals surface area contributed by atoms with E-state index >= 15 is 0 Å². The van der Waals surface area contributed by atoms with Crippen LogP contribution < -0.4 is 0 Å². The Labute approximate surface area is 101 Å². The van der Waals surface area contributed by atoms with Crippen molar-refractivity contribution in [1.82, 2.24) is 0 Å². The Morgan fingerprint density at radius 3 is 2.29 bits per heavy atom. The van der Waals surface area contributed by atoms with E-state index in [4.69, 9.17) is 0 Å². The molecule has 7 heteroatoms.